The Bertz CT molecular complexity index is 438. The first-order valence-electron chi connectivity index (χ1n) is 3.17. The topological polar surface area (TPSA) is 28.7 Å². The van der Waals surface area contributed by atoms with Crippen molar-refractivity contribution >= 4 is 50.2 Å². The fraction of sp³-hybridized carbons (Fsp3) is 0. The van der Waals surface area contributed by atoms with E-state index >= 15 is 0 Å². The number of hydrogen-bond acceptors (Lipinski definition) is 1. The van der Waals surface area contributed by atoms with Crippen LogP contribution in [-0.4, -0.2) is 9.97 Å². The van der Waals surface area contributed by atoms with Crippen molar-refractivity contribution in [3.8, 4) is 0 Å². The van der Waals surface area contributed by atoms with Crippen LogP contribution in [0.15, 0.2) is 16.6 Å². The Balaban J connectivity index is 2.89. The van der Waals surface area contributed by atoms with E-state index in [1.54, 1.807) is 0 Å². The number of benzene rings is 1. The maximum Gasteiger partial charge on any atom is 0.201 e. The van der Waals surface area contributed by atoms with Crippen molar-refractivity contribution in [2.45, 2.75) is 0 Å². The first-order chi connectivity index (χ1) is 5.68. The number of aromatic nitrogens is 2. The average molecular weight is 266 g/mol. The first kappa shape index (κ1) is 8.35. The standard InChI is InChI=1S/C7H3BrCl2N2/c8-3-1-2-4-6(5(3)9)12-7(10)11-4/h1-2H,(H,11,12). The summed E-state index contributed by atoms with van der Waals surface area (Å²) in [6, 6.07) is 3.68. The molecule has 0 aliphatic carbocycles. The van der Waals surface area contributed by atoms with Crippen LogP contribution in [0.25, 0.3) is 11.0 Å². The van der Waals surface area contributed by atoms with E-state index in [0.717, 1.165) is 15.5 Å². The predicted molar refractivity (Wildman–Crippen MR) is 53.8 cm³/mol. The Labute approximate surface area is 87.0 Å². The predicted octanol–water partition coefficient (Wildman–Crippen LogP) is 3.63. The van der Waals surface area contributed by atoms with Gasteiger partial charge in [-0.1, -0.05) is 11.6 Å². The van der Waals surface area contributed by atoms with E-state index in [-0.39, 0.29) is 0 Å². The summed E-state index contributed by atoms with van der Waals surface area (Å²) in [6.45, 7) is 0. The summed E-state index contributed by atoms with van der Waals surface area (Å²) in [6.07, 6.45) is 0. The SMILES string of the molecule is Clc1nc2ccc(Br)c(Cl)c2[nH]1. The summed E-state index contributed by atoms with van der Waals surface area (Å²) >= 11 is 14.9. The lowest BCUT2D eigenvalue weighted by Gasteiger charge is -1.94. The number of rotatable bonds is 0. The van der Waals surface area contributed by atoms with Gasteiger partial charge in [-0.2, -0.15) is 0 Å². The monoisotopic (exact) mass is 264 g/mol. The number of hydrogen-bond donors (Lipinski definition) is 1. The van der Waals surface area contributed by atoms with Crippen LogP contribution in [0.3, 0.4) is 0 Å². The third-order valence-corrected chi connectivity index (χ3v) is 2.98. The maximum atomic E-state index is 5.96. The second-order valence-corrected chi connectivity index (χ2v) is 3.87. The highest BCUT2D eigenvalue weighted by molar-refractivity contribution is 9.10. The van der Waals surface area contributed by atoms with Crippen molar-refractivity contribution in [3.05, 3.63) is 26.9 Å². The van der Waals surface area contributed by atoms with E-state index in [4.69, 9.17) is 23.2 Å². The molecule has 0 unspecified atom stereocenters. The number of nitrogens with one attached hydrogen (secondary N) is 1. The zero-order valence-electron chi connectivity index (χ0n) is 5.74. The molecule has 0 saturated heterocycles. The van der Waals surface area contributed by atoms with Gasteiger partial charge in [-0.25, -0.2) is 4.98 Å². The Morgan fingerprint density at radius 2 is 2.08 bits per heavy atom. The summed E-state index contributed by atoms with van der Waals surface area (Å²) in [5.74, 6) is 0. The molecular formula is C7H3BrCl2N2. The number of aromatic amines is 1. The molecule has 1 N–H and O–H groups in total. The largest absolute Gasteiger partial charge is 0.327 e. The molecule has 0 radical (unpaired) electrons. The number of nitrogens with zero attached hydrogens (tertiary/aromatic N) is 1. The van der Waals surface area contributed by atoms with Gasteiger partial charge in [0.25, 0.3) is 0 Å². The van der Waals surface area contributed by atoms with Crippen LogP contribution in [0.1, 0.15) is 0 Å². The van der Waals surface area contributed by atoms with Gasteiger partial charge in [0.1, 0.15) is 0 Å². The third-order valence-electron chi connectivity index (χ3n) is 1.52. The molecule has 1 heterocycles. The van der Waals surface area contributed by atoms with Crippen LogP contribution >= 0.6 is 39.1 Å². The Morgan fingerprint density at radius 1 is 1.33 bits per heavy atom. The van der Waals surface area contributed by atoms with Gasteiger partial charge in [-0.15, -0.1) is 0 Å². The van der Waals surface area contributed by atoms with Crippen LogP contribution < -0.4 is 0 Å². The molecule has 0 bridgehead atoms. The number of imidazole rings is 1. The molecule has 5 heteroatoms. The smallest absolute Gasteiger partial charge is 0.201 e. The van der Waals surface area contributed by atoms with Crippen LogP contribution in [0.2, 0.25) is 10.3 Å². The second-order valence-electron chi connectivity index (χ2n) is 2.28. The summed E-state index contributed by atoms with van der Waals surface area (Å²) in [5, 5.41) is 0.955. The van der Waals surface area contributed by atoms with E-state index in [1.165, 1.54) is 0 Å². The highest BCUT2D eigenvalue weighted by Crippen LogP contribution is 2.30. The molecule has 12 heavy (non-hydrogen) atoms. The molecule has 62 valence electrons. The Morgan fingerprint density at radius 3 is 2.83 bits per heavy atom. The lowest BCUT2D eigenvalue weighted by atomic mass is 10.3. The Hall–Kier alpha value is -0.250. The molecule has 2 nitrogen and oxygen atoms in total. The van der Waals surface area contributed by atoms with Crippen molar-refractivity contribution < 1.29 is 0 Å². The van der Waals surface area contributed by atoms with E-state index in [0.29, 0.717) is 10.3 Å². The molecule has 0 saturated carbocycles. The van der Waals surface area contributed by atoms with Gasteiger partial charge in [-0.3, -0.25) is 0 Å². The quantitative estimate of drug-likeness (QED) is 0.774. The van der Waals surface area contributed by atoms with Gasteiger partial charge >= 0.3 is 0 Å². The molecule has 2 rings (SSSR count). The van der Waals surface area contributed by atoms with Gasteiger partial charge in [0, 0.05) is 4.47 Å². The van der Waals surface area contributed by atoms with Crippen molar-refractivity contribution in [3.63, 3.8) is 0 Å². The van der Waals surface area contributed by atoms with E-state index in [9.17, 15) is 0 Å². The number of H-pyrrole nitrogens is 1. The molecule has 1 aromatic carbocycles. The van der Waals surface area contributed by atoms with Gasteiger partial charge in [0.05, 0.1) is 16.1 Å². The van der Waals surface area contributed by atoms with E-state index < -0.39 is 0 Å². The van der Waals surface area contributed by atoms with Crippen molar-refractivity contribution in [2.24, 2.45) is 0 Å². The fourth-order valence-electron chi connectivity index (χ4n) is 0.989. The molecule has 0 amide bonds. The Kier molecular flexibility index (Phi) is 2.02. The molecule has 0 atom stereocenters. The zero-order chi connectivity index (χ0) is 8.72. The van der Waals surface area contributed by atoms with Crippen LogP contribution in [-0.2, 0) is 0 Å². The molecule has 2 aromatic rings. The van der Waals surface area contributed by atoms with Gasteiger partial charge in [-0.05, 0) is 39.7 Å². The summed E-state index contributed by atoms with van der Waals surface area (Å²) in [7, 11) is 0. The molecule has 0 spiro atoms. The molecule has 0 aliphatic heterocycles. The second kappa shape index (κ2) is 2.91. The first-order valence-corrected chi connectivity index (χ1v) is 4.72. The van der Waals surface area contributed by atoms with Gasteiger partial charge in [0.15, 0.2) is 0 Å². The van der Waals surface area contributed by atoms with Gasteiger partial charge < -0.3 is 4.98 Å². The summed E-state index contributed by atoms with van der Waals surface area (Å²) < 4.78 is 0.831. The molecule has 0 aliphatic rings. The highest BCUT2D eigenvalue weighted by atomic mass is 79.9. The minimum absolute atomic E-state index is 0.352. The normalized spacial score (nSPS) is 10.9. The molecular weight excluding hydrogens is 263 g/mol. The van der Waals surface area contributed by atoms with Crippen LogP contribution in [0.4, 0.5) is 0 Å². The van der Waals surface area contributed by atoms with Crippen LogP contribution in [0, 0.1) is 0 Å². The van der Waals surface area contributed by atoms with Crippen molar-refractivity contribution in [2.75, 3.05) is 0 Å². The lowest BCUT2D eigenvalue weighted by molar-refractivity contribution is 1.34. The summed E-state index contributed by atoms with van der Waals surface area (Å²) in [4.78, 5) is 6.88. The minimum atomic E-state index is 0.352. The molecule has 0 fully saturated rings. The van der Waals surface area contributed by atoms with Crippen molar-refractivity contribution in [1.29, 1.82) is 0 Å². The minimum Gasteiger partial charge on any atom is -0.327 e. The third kappa shape index (κ3) is 1.22. The van der Waals surface area contributed by atoms with Crippen molar-refractivity contribution in [1.82, 2.24) is 9.97 Å². The fourth-order valence-corrected chi connectivity index (χ4v) is 1.71. The summed E-state index contributed by atoms with van der Waals surface area (Å²) in [5.41, 5.74) is 1.53. The lowest BCUT2D eigenvalue weighted by Crippen LogP contribution is -1.72. The van der Waals surface area contributed by atoms with E-state index in [2.05, 4.69) is 25.9 Å². The average Bonchev–Trinajstić information content (AvgIpc) is 2.39. The van der Waals surface area contributed by atoms with Gasteiger partial charge in [0.2, 0.25) is 5.28 Å². The number of fused-ring (bicyclic) bond motifs is 1. The van der Waals surface area contributed by atoms with Crippen LogP contribution in [0.5, 0.6) is 0 Å². The molecule has 1 aromatic heterocycles. The number of halogens is 3. The zero-order valence-corrected chi connectivity index (χ0v) is 8.83. The maximum absolute atomic E-state index is 5.96. The van der Waals surface area contributed by atoms with E-state index in [1.807, 2.05) is 12.1 Å². The highest BCUT2D eigenvalue weighted by Gasteiger charge is 2.06.